The number of carboxylic acid groups (broad SMARTS) is 1. The Labute approximate surface area is 187 Å². The van der Waals surface area contributed by atoms with Crippen LogP contribution in [0.15, 0.2) is 48.5 Å². The lowest BCUT2D eigenvalue weighted by atomic mass is 9.89. The number of aliphatic carboxylic acids is 1. The van der Waals surface area contributed by atoms with Crippen LogP contribution in [0.3, 0.4) is 0 Å². The Hall–Kier alpha value is -3.22. The number of benzene rings is 2. The van der Waals surface area contributed by atoms with Crippen LogP contribution in [0.5, 0.6) is 11.5 Å². The minimum absolute atomic E-state index is 0.110. The van der Waals surface area contributed by atoms with Gasteiger partial charge < -0.3 is 24.2 Å². The Morgan fingerprint density at radius 2 is 1.78 bits per heavy atom. The van der Waals surface area contributed by atoms with Gasteiger partial charge in [-0.25, -0.2) is 4.79 Å². The molecule has 32 heavy (non-hydrogen) atoms. The molecule has 1 aliphatic heterocycles. The largest absolute Gasteiger partial charge is 0.493 e. The van der Waals surface area contributed by atoms with Crippen LogP contribution in [0.25, 0.3) is 0 Å². The van der Waals surface area contributed by atoms with Crippen molar-refractivity contribution in [2.45, 2.75) is 44.3 Å². The zero-order chi connectivity index (χ0) is 22.5. The summed E-state index contributed by atoms with van der Waals surface area (Å²) in [6.07, 6.45) is 3.97. The third-order valence-corrected chi connectivity index (χ3v) is 6.31. The summed E-state index contributed by atoms with van der Waals surface area (Å²) in [6, 6.07) is 15.0. The number of methoxy groups -OCH3 is 1. The topological polar surface area (TPSA) is 85.3 Å². The highest BCUT2D eigenvalue weighted by Crippen LogP contribution is 2.39. The highest BCUT2D eigenvalue weighted by molar-refractivity contribution is 5.76. The van der Waals surface area contributed by atoms with Gasteiger partial charge in [-0.3, -0.25) is 4.79 Å². The Morgan fingerprint density at radius 3 is 2.47 bits per heavy atom. The van der Waals surface area contributed by atoms with E-state index in [9.17, 15) is 14.7 Å². The molecule has 0 unspecified atom stereocenters. The van der Waals surface area contributed by atoms with Gasteiger partial charge in [0.2, 0.25) is 0 Å². The van der Waals surface area contributed by atoms with Crippen LogP contribution in [0.4, 0.5) is 4.79 Å². The number of amides is 1. The maximum absolute atomic E-state index is 12.6. The van der Waals surface area contributed by atoms with Gasteiger partial charge in [-0.1, -0.05) is 36.4 Å². The molecule has 1 amide bonds. The summed E-state index contributed by atoms with van der Waals surface area (Å²) in [7, 11) is 1.59. The normalized spacial score (nSPS) is 20.8. The summed E-state index contributed by atoms with van der Waals surface area (Å²) in [5.74, 6) is -0.737. The lowest BCUT2D eigenvalue weighted by molar-refractivity contribution is -0.141. The fourth-order valence-electron chi connectivity index (χ4n) is 4.55. The van der Waals surface area contributed by atoms with E-state index in [4.69, 9.17) is 14.2 Å². The number of rotatable bonds is 7. The van der Waals surface area contributed by atoms with Gasteiger partial charge in [0, 0.05) is 19.0 Å². The molecule has 4 rings (SSSR count). The van der Waals surface area contributed by atoms with E-state index in [-0.39, 0.29) is 31.7 Å². The van der Waals surface area contributed by atoms with Crippen LogP contribution in [-0.2, 0) is 16.1 Å². The highest BCUT2D eigenvalue weighted by atomic mass is 16.6. The van der Waals surface area contributed by atoms with E-state index >= 15 is 0 Å². The highest BCUT2D eigenvalue weighted by Gasteiger charge is 2.41. The summed E-state index contributed by atoms with van der Waals surface area (Å²) in [5, 5.41) is 9.82. The molecule has 7 nitrogen and oxygen atoms in total. The molecular weight excluding hydrogens is 410 g/mol. The van der Waals surface area contributed by atoms with Crippen LogP contribution in [0.1, 0.15) is 42.7 Å². The zero-order valence-electron chi connectivity index (χ0n) is 18.2. The Bertz CT molecular complexity index is 941. The SMILES string of the molecule is COc1ccc([C@H]2CN(C(=O)OCc3ccccc3)C[C@@H]2C(=O)O)cc1OC1CCCC1. The molecule has 2 aromatic rings. The van der Waals surface area contributed by atoms with Crippen LogP contribution in [0, 0.1) is 5.92 Å². The second-order valence-corrected chi connectivity index (χ2v) is 8.43. The monoisotopic (exact) mass is 439 g/mol. The first kappa shape index (κ1) is 22.0. The number of ether oxygens (including phenoxy) is 3. The predicted octanol–water partition coefficient (Wildman–Crippen LogP) is 4.45. The Balaban J connectivity index is 1.48. The average molecular weight is 440 g/mol. The van der Waals surface area contributed by atoms with Crippen LogP contribution in [0.2, 0.25) is 0 Å². The summed E-state index contributed by atoms with van der Waals surface area (Å²) >= 11 is 0. The predicted molar refractivity (Wildman–Crippen MR) is 118 cm³/mol. The fraction of sp³-hybridized carbons (Fsp3) is 0.440. The molecule has 0 radical (unpaired) electrons. The number of hydrogen-bond donors (Lipinski definition) is 1. The van der Waals surface area contributed by atoms with E-state index in [1.807, 2.05) is 48.5 Å². The van der Waals surface area contributed by atoms with E-state index in [1.54, 1.807) is 7.11 Å². The molecule has 7 heteroatoms. The standard InChI is InChI=1S/C25H29NO6/c1-30-22-12-11-18(13-23(22)32-19-9-5-6-10-19)20-14-26(15-21(20)24(27)28)25(29)31-16-17-7-3-2-4-8-17/h2-4,7-8,11-13,19-21H,5-6,9-10,14-16H2,1H3,(H,27,28)/t20-,21+/m1/s1. The van der Waals surface area contributed by atoms with Crippen molar-refractivity contribution in [1.29, 1.82) is 0 Å². The van der Waals surface area contributed by atoms with Gasteiger partial charge >= 0.3 is 12.1 Å². The van der Waals surface area contributed by atoms with E-state index in [0.29, 0.717) is 11.5 Å². The van der Waals surface area contributed by atoms with Crippen molar-refractivity contribution in [3.63, 3.8) is 0 Å². The van der Waals surface area contributed by atoms with E-state index < -0.39 is 18.0 Å². The summed E-state index contributed by atoms with van der Waals surface area (Å²) in [4.78, 5) is 26.1. The second-order valence-electron chi connectivity index (χ2n) is 8.43. The van der Waals surface area contributed by atoms with Gasteiger partial charge in [0.15, 0.2) is 11.5 Å². The lowest BCUT2D eigenvalue weighted by Gasteiger charge is -2.20. The van der Waals surface area contributed by atoms with Crippen molar-refractivity contribution in [3.8, 4) is 11.5 Å². The van der Waals surface area contributed by atoms with E-state index in [0.717, 1.165) is 36.8 Å². The first-order chi connectivity index (χ1) is 15.5. The molecule has 1 aliphatic carbocycles. The molecule has 2 aliphatic rings. The minimum Gasteiger partial charge on any atom is -0.493 e. The summed E-state index contributed by atoms with van der Waals surface area (Å²) in [6.45, 7) is 0.540. The first-order valence-corrected chi connectivity index (χ1v) is 11.1. The van der Waals surface area contributed by atoms with Crippen LogP contribution < -0.4 is 9.47 Å². The first-order valence-electron chi connectivity index (χ1n) is 11.1. The Kier molecular flexibility index (Phi) is 6.83. The van der Waals surface area contributed by atoms with E-state index in [1.165, 1.54) is 4.90 Å². The maximum Gasteiger partial charge on any atom is 0.410 e. The third-order valence-electron chi connectivity index (χ3n) is 6.31. The van der Waals surface area contributed by atoms with Crippen molar-refractivity contribution in [1.82, 2.24) is 4.90 Å². The van der Waals surface area contributed by atoms with Gasteiger partial charge in [0.25, 0.3) is 0 Å². The van der Waals surface area contributed by atoms with Crippen LogP contribution >= 0.6 is 0 Å². The number of carbonyl (C=O) groups is 2. The molecule has 0 bridgehead atoms. The number of carbonyl (C=O) groups excluding carboxylic acids is 1. The van der Waals surface area contributed by atoms with Crippen molar-refractivity contribution in [3.05, 3.63) is 59.7 Å². The molecule has 1 saturated carbocycles. The number of nitrogens with zero attached hydrogens (tertiary/aromatic N) is 1. The van der Waals surface area contributed by atoms with Gasteiger partial charge in [0.05, 0.1) is 19.1 Å². The van der Waals surface area contributed by atoms with Crippen LogP contribution in [-0.4, -0.2) is 48.4 Å². The molecule has 2 atom stereocenters. The second kappa shape index (κ2) is 9.94. The lowest BCUT2D eigenvalue weighted by Crippen LogP contribution is -2.30. The molecule has 1 heterocycles. The quantitative estimate of drug-likeness (QED) is 0.686. The minimum atomic E-state index is -0.928. The van der Waals surface area contributed by atoms with Gasteiger partial charge in [-0.15, -0.1) is 0 Å². The zero-order valence-corrected chi connectivity index (χ0v) is 18.2. The summed E-state index contributed by atoms with van der Waals surface area (Å²) in [5.41, 5.74) is 1.71. The number of likely N-dealkylation sites (tertiary alicyclic amines) is 1. The fourth-order valence-corrected chi connectivity index (χ4v) is 4.55. The molecule has 2 fully saturated rings. The Morgan fingerprint density at radius 1 is 1.03 bits per heavy atom. The maximum atomic E-state index is 12.6. The molecule has 0 spiro atoms. The van der Waals surface area contributed by atoms with Crippen molar-refractivity contribution >= 4 is 12.1 Å². The molecule has 1 saturated heterocycles. The number of hydrogen-bond acceptors (Lipinski definition) is 5. The van der Waals surface area contributed by atoms with Gasteiger partial charge in [0.1, 0.15) is 6.61 Å². The molecule has 170 valence electrons. The smallest absolute Gasteiger partial charge is 0.410 e. The molecular formula is C25H29NO6. The van der Waals surface area contributed by atoms with E-state index in [2.05, 4.69) is 0 Å². The van der Waals surface area contributed by atoms with Crippen molar-refractivity contribution in [2.24, 2.45) is 5.92 Å². The third kappa shape index (κ3) is 4.98. The molecule has 1 N–H and O–H groups in total. The molecule has 0 aromatic heterocycles. The average Bonchev–Trinajstić information content (AvgIpc) is 3.48. The van der Waals surface area contributed by atoms with Crippen molar-refractivity contribution in [2.75, 3.05) is 20.2 Å². The molecule has 2 aromatic carbocycles. The van der Waals surface area contributed by atoms with Crippen molar-refractivity contribution < 1.29 is 28.9 Å². The van der Waals surface area contributed by atoms with Gasteiger partial charge in [-0.2, -0.15) is 0 Å². The van der Waals surface area contributed by atoms with Gasteiger partial charge in [-0.05, 0) is 48.9 Å². The summed E-state index contributed by atoms with van der Waals surface area (Å²) < 4.78 is 17.1. The number of carboxylic acids is 1.